The summed E-state index contributed by atoms with van der Waals surface area (Å²) >= 11 is 11.9. The highest BCUT2D eigenvalue weighted by molar-refractivity contribution is 7.84. The molecule has 0 radical (unpaired) electrons. The zero-order valence-corrected chi connectivity index (χ0v) is 13.6. The summed E-state index contributed by atoms with van der Waals surface area (Å²) in [6.45, 7) is 2.94. The first kappa shape index (κ1) is 17.7. The van der Waals surface area contributed by atoms with E-state index in [0.29, 0.717) is 40.4 Å². The summed E-state index contributed by atoms with van der Waals surface area (Å²) in [6.07, 6.45) is -0.683. The Morgan fingerprint density at radius 2 is 2.05 bits per heavy atom. The van der Waals surface area contributed by atoms with Gasteiger partial charge in [0.15, 0.2) is 5.75 Å². The Balaban J connectivity index is 2.26. The highest BCUT2D eigenvalue weighted by Crippen LogP contribution is 2.32. The predicted molar refractivity (Wildman–Crippen MR) is 84.4 cm³/mol. The molecule has 114 valence electrons. The zero-order valence-electron chi connectivity index (χ0n) is 11.3. The third kappa shape index (κ3) is 6.41. The van der Waals surface area contributed by atoms with Crippen LogP contribution in [-0.2, 0) is 10.8 Å². The van der Waals surface area contributed by atoms with Gasteiger partial charge in [0.25, 0.3) is 0 Å². The number of nitrogens with one attached hydrogen (secondary N) is 1. The Labute approximate surface area is 131 Å². The number of aliphatic hydroxyl groups excluding tert-OH is 1. The molecular formula is C13H19Cl2NO3S. The van der Waals surface area contributed by atoms with Gasteiger partial charge < -0.3 is 15.2 Å². The van der Waals surface area contributed by atoms with Crippen LogP contribution in [0.15, 0.2) is 18.2 Å². The van der Waals surface area contributed by atoms with Gasteiger partial charge >= 0.3 is 0 Å². The molecule has 7 heteroatoms. The van der Waals surface area contributed by atoms with E-state index in [1.54, 1.807) is 18.2 Å². The van der Waals surface area contributed by atoms with E-state index >= 15 is 0 Å². The highest BCUT2D eigenvalue weighted by Gasteiger charge is 2.10. The quantitative estimate of drug-likeness (QED) is 0.676. The predicted octanol–water partition coefficient (Wildman–Crippen LogP) is 2.09. The van der Waals surface area contributed by atoms with E-state index < -0.39 is 16.9 Å². The lowest BCUT2D eigenvalue weighted by Gasteiger charge is -2.14. The first-order chi connectivity index (χ1) is 9.54. The van der Waals surface area contributed by atoms with Crippen LogP contribution in [0.25, 0.3) is 0 Å². The molecule has 4 nitrogen and oxygen atoms in total. The van der Waals surface area contributed by atoms with Crippen LogP contribution < -0.4 is 10.1 Å². The Kier molecular flexibility index (Phi) is 8.49. The number of halogens is 2. The van der Waals surface area contributed by atoms with Crippen molar-refractivity contribution in [3.8, 4) is 5.75 Å². The maximum atomic E-state index is 11.2. The van der Waals surface area contributed by atoms with Crippen LogP contribution in [0.2, 0.25) is 10.0 Å². The van der Waals surface area contributed by atoms with Gasteiger partial charge in [-0.2, -0.15) is 0 Å². The van der Waals surface area contributed by atoms with Crippen LogP contribution in [0.5, 0.6) is 5.75 Å². The molecule has 1 rings (SSSR count). The first-order valence-electron chi connectivity index (χ1n) is 6.35. The molecule has 0 saturated carbocycles. The van der Waals surface area contributed by atoms with E-state index in [0.717, 1.165) is 0 Å². The topological polar surface area (TPSA) is 58.6 Å². The monoisotopic (exact) mass is 339 g/mol. The number of rotatable bonds is 9. The smallest absolute Gasteiger partial charge is 0.156 e. The highest BCUT2D eigenvalue weighted by atomic mass is 35.5. The number of hydrogen-bond donors (Lipinski definition) is 2. The second kappa shape index (κ2) is 9.58. The van der Waals surface area contributed by atoms with Gasteiger partial charge in [-0.25, -0.2) is 0 Å². The largest absolute Gasteiger partial charge is 0.488 e. The molecule has 0 aromatic heterocycles. The second-order valence-electron chi connectivity index (χ2n) is 4.15. The van der Waals surface area contributed by atoms with Crippen LogP contribution in [0.4, 0.5) is 0 Å². The van der Waals surface area contributed by atoms with Crippen LogP contribution in [-0.4, -0.2) is 46.6 Å². The summed E-state index contributed by atoms with van der Waals surface area (Å²) in [5.41, 5.74) is 0. The minimum absolute atomic E-state index is 0.0906. The van der Waals surface area contributed by atoms with Crippen molar-refractivity contribution in [3.63, 3.8) is 0 Å². The molecule has 0 bridgehead atoms. The fourth-order valence-corrected chi connectivity index (χ4v) is 2.63. The third-order valence-electron chi connectivity index (χ3n) is 2.55. The van der Waals surface area contributed by atoms with Crippen molar-refractivity contribution in [1.29, 1.82) is 0 Å². The molecular weight excluding hydrogens is 321 g/mol. The van der Waals surface area contributed by atoms with Crippen LogP contribution >= 0.6 is 23.2 Å². The summed E-state index contributed by atoms with van der Waals surface area (Å²) < 4.78 is 16.6. The maximum absolute atomic E-state index is 11.2. The molecule has 0 saturated heterocycles. The normalized spacial score (nSPS) is 14.0. The van der Waals surface area contributed by atoms with Crippen molar-refractivity contribution in [3.05, 3.63) is 28.2 Å². The molecule has 2 atom stereocenters. The number of aliphatic hydroxyl groups is 1. The molecule has 0 fully saturated rings. The lowest BCUT2D eigenvalue weighted by molar-refractivity contribution is 0.107. The summed E-state index contributed by atoms with van der Waals surface area (Å²) in [7, 11) is -0.792. The molecule has 1 aromatic carbocycles. The lowest BCUT2D eigenvalue weighted by atomic mass is 10.3. The summed E-state index contributed by atoms with van der Waals surface area (Å²) in [5.74, 6) is 1.61. The number of benzene rings is 1. The van der Waals surface area contributed by atoms with Crippen LogP contribution in [0.1, 0.15) is 6.92 Å². The number of hydrogen-bond acceptors (Lipinski definition) is 4. The first-order valence-corrected chi connectivity index (χ1v) is 8.59. The SMILES string of the molecule is CCS(=O)CCNCC(O)COc1c(Cl)cccc1Cl. The minimum Gasteiger partial charge on any atom is -0.488 e. The fourth-order valence-electron chi connectivity index (χ4n) is 1.46. The standard InChI is InChI=1S/C13H19Cl2NO3S/c1-2-20(18)7-6-16-8-10(17)9-19-13-11(14)4-3-5-12(13)15/h3-5,10,16-17H,2,6-9H2,1H3. The van der Waals surface area contributed by atoms with Crippen LogP contribution in [0.3, 0.4) is 0 Å². The summed E-state index contributed by atoms with van der Waals surface area (Å²) in [5, 5.41) is 13.6. The molecule has 0 amide bonds. The molecule has 2 N–H and O–H groups in total. The van der Waals surface area contributed by atoms with Gasteiger partial charge in [0.1, 0.15) is 12.7 Å². The van der Waals surface area contributed by atoms with Gasteiger partial charge in [0.05, 0.1) is 10.0 Å². The Morgan fingerprint density at radius 3 is 2.65 bits per heavy atom. The Bertz CT molecular complexity index is 425. The van der Waals surface area contributed by atoms with Crippen molar-refractivity contribution in [2.75, 3.05) is 31.2 Å². The molecule has 0 heterocycles. The van der Waals surface area contributed by atoms with Crippen molar-refractivity contribution < 1.29 is 14.1 Å². The molecule has 0 spiro atoms. The van der Waals surface area contributed by atoms with Crippen molar-refractivity contribution in [1.82, 2.24) is 5.32 Å². The zero-order chi connectivity index (χ0) is 15.0. The van der Waals surface area contributed by atoms with Crippen LogP contribution in [0, 0.1) is 0 Å². The van der Waals surface area contributed by atoms with Gasteiger partial charge in [0.2, 0.25) is 0 Å². The Hall–Kier alpha value is -0.330. The van der Waals surface area contributed by atoms with Gasteiger partial charge in [-0.1, -0.05) is 36.2 Å². The van der Waals surface area contributed by atoms with Crippen molar-refractivity contribution >= 4 is 34.0 Å². The third-order valence-corrected chi connectivity index (χ3v) is 4.45. The van der Waals surface area contributed by atoms with Gasteiger partial charge in [-0.05, 0) is 12.1 Å². The lowest BCUT2D eigenvalue weighted by Crippen LogP contribution is -2.33. The van der Waals surface area contributed by atoms with E-state index in [1.165, 1.54) is 0 Å². The number of ether oxygens (including phenoxy) is 1. The molecule has 0 aliphatic rings. The maximum Gasteiger partial charge on any atom is 0.156 e. The molecule has 20 heavy (non-hydrogen) atoms. The van der Waals surface area contributed by atoms with Gasteiger partial charge in [-0.3, -0.25) is 4.21 Å². The van der Waals surface area contributed by atoms with Crippen molar-refractivity contribution in [2.45, 2.75) is 13.0 Å². The van der Waals surface area contributed by atoms with E-state index in [-0.39, 0.29) is 6.61 Å². The van der Waals surface area contributed by atoms with Gasteiger partial charge in [-0.15, -0.1) is 0 Å². The fraction of sp³-hybridized carbons (Fsp3) is 0.538. The molecule has 1 aromatic rings. The average molecular weight is 340 g/mol. The second-order valence-corrected chi connectivity index (χ2v) is 6.83. The molecule has 0 aliphatic carbocycles. The van der Waals surface area contributed by atoms with Crippen molar-refractivity contribution in [2.24, 2.45) is 0 Å². The summed E-state index contributed by atoms with van der Waals surface area (Å²) in [4.78, 5) is 0. The number of para-hydroxylation sites is 1. The average Bonchev–Trinajstić information content (AvgIpc) is 2.42. The Morgan fingerprint density at radius 1 is 1.40 bits per heavy atom. The van der Waals surface area contributed by atoms with E-state index in [1.807, 2.05) is 6.92 Å². The van der Waals surface area contributed by atoms with E-state index in [2.05, 4.69) is 5.32 Å². The van der Waals surface area contributed by atoms with Gasteiger partial charge in [0, 0.05) is 35.4 Å². The summed E-state index contributed by atoms with van der Waals surface area (Å²) in [6, 6.07) is 5.07. The van der Waals surface area contributed by atoms with E-state index in [9.17, 15) is 9.32 Å². The molecule has 0 aliphatic heterocycles. The van der Waals surface area contributed by atoms with E-state index in [4.69, 9.17) is 27.9 Å². The molecule has 2 unspecified atom stereocenters. The minimum atomic E-state index is -0.792.